The van der Waals surface area contributed by atoms with Gasteiger partial charge in [0.2, 0.25) is 0 Å². The highest BCUT2D eigenvalue weighted by atomic mass is 14.8. The minimum Gasteiger partial charge on any atom is -0.255 e. The van der Waals surface area contributed by atoms with Gasteiger partial charge in [-0.15, -0.1) is 0 Å². The van der Waals surface area contributed by atoms with E-state index < -0.39 is 5.41 Å². The molecule has 7 aromatic carbocycles. The number of rotatable bonds is 2. The first kappa shape index (κ1) is 26.7. The molecule has 0 aliphatic heterocycles. The minimum absolute atomic E-state index is 0.456. The Balaban J connectivity index is 1.26. The summed E-state index contributed by atoms with van der Waals surface area (Å²) in [5.74, 6) is 0. The van der Waals surface area contributed by atoms with Gasteiger partial charge in [-0.1, -0.05) is 121 Å². The van der Waals surface area contributed by atoms with Crippen LogP contribution < -0.4 is 0 Å². The third-order valence-corrected chi connectivity index (χ3v) is 10.9. The van der Waals surface area contributed by atoms with Crippen LogP contribution >= 0.6 is 0 Å². The summed E-state index contributed by atoms with van der Waals surface area (Å²) in [6.07, 6.45) is 1.82. The van der Waals surface area contributed by atoms with Crippen LogP contribution in [0.3, 0.4) is 0 Å². The molecule has 49 heavy (non-hydrogen) atoms. The number of hydrogen-bond acceptors (Lipinski definition) is 2. The van der Waals surface area contributed by atoms with Crippen LogP contribution in [0.4, 0.5) is 0 Å². The van der Waals surface area contributed by atoms with E-state index in [0.29, 0.717) is 0 Å². The molecule has 0 bridgehead atoms. The summed E-state index contributed by atoms with van der Waals surface area (Å²) in [6, 6.07) is 60.1. The van der Waals surface area contributed by atoms with Crippen LogP contribution in [0.15, 0.2) is 170 Å². The standard InChI is InChI=1S/C47H28N2/c1-3-16-36-32(12-1)33-13-2-4-17-37(33)46-45(36)38-27-29-23-24-30(42-21-11-22-44(49-42)43-20-9-10-25-48-43)26-31(29)28-41(38)47(46)39-18-7-5-14-34(39)35-15-6-8-19-40(35)47/h1-28H. The Kier molecular flexibility index (Phi) is 5.34. The van der Waals surface area contributed by atoms with Gasteiger partial charge < -0.3 is 0 Å². The van der Waals surface area contributed by atoms with E-state index in [-0.39, 0.29) is 0 Å². The molecular weight excluding hydrogens is 593 g/mol. The second-order valence-electron chi connectivity index (χ2n) is 13.3. The van der Waals surface area contributed by atoms with E-state index in [1.165, 1.54) is 76.8 Å². The largest absolute Gasteiger partial charge is 0.255 e. The molecule has 0 saturated heterocycles. The van der Waals surface area contributed by atoms with E-state index in [1.54, 1.807) is 0 Å². The zero-order chi connectivity index (χ0) is 32.1. The van der Waals surface area contributed by atoms with E-state index in [2.05, 4.69) is 145 Å². The summed E-state index contributed by atoms with van der Waals surface area (Å²) in [5.41, 5.74) is 14.1. The molecule has 11 rings (SSSR count). The van der Waals surface area contributed by atoms with Crippen LogP contribution in [0, 0.1) is 0 Å². The van der Waals surface area contributed by atoms with E-state index in [0.717, 1.165) is 22.6 Å². The molecule has 0 unspecified atom stereocenters. The fraction of sp³-hybridized carbons (Fsp3) is 0.0213. The maximum absolute atomic E-state index is 5.06. The molecule has 2 aromatic heterocycles. The average Bonchev–Trinajstić information content (AvgIpc) is 3.64. The highest BCUT2D eigenvalue weighted by Crippen LogP contribution is 2.65. The molecule has 2 aliphatic rings. The van der Waals surface area contributed by atoms with Gasteiger partial charge in [-0.2, -0.15) is 0 Å². The van der Waals surface area contributed by atoms with Gasteiger partial charge in [0.25, 0.3) is 0 Å². The lowest BCUT2D eigenvalue weighted by atomic mass is 9.69. The molecule has 0 saturated carbocycles. The first-order chi connectivity index (χ1) is 24.3. The van der Waals surface area contributed by atoms with Crippen LogP contribution in [0.25, 0.3) is 77.2 Å². The zero-order valence-electron chi connectivity index (χ0n) is 26.6. The van der Waals surface area contributed by atoms with Gasteiger partial charge in [-0.3, -0.25) is 4.98 Å². The summed E-state index contributed by atoms with van der Waals surface area (Å²) in [5, 5.41) is 7.67. The number of benzene rings is 7. The fourth-order valence-electron chi connectivity index (χ4n) is 8.97. The summed E-state index contributed by atoms with van der Waals surface area (Å²) in [4.78, 5) is 9.61. The summed E-state index contributed by atoms with van der Waals surface area (Å²) < 4.78 is 0. The molecule has 226 valence electrons. The SMILES string of the molecule is c1ccc(-c2cccc(-c3ccc4cc5c(cc4c3)C3(c4ccccc4-c4ccccc43)c3c-5c4ccccc4c4ccccc34)n2)nc1. The normalized spacial score (nSPS) is 13.5. The summed E-state index contributed by atoms with van der Waals surface area (Å²) in [7, 11) is 0. The van der Waals surface area contributed by atoms with Gasteiger partial charge in [-0.25, -0.2) is 4.98 Å². The molecule has 2 heterocycles. The molecule has 0 radical (unpaired) electrons. The lowest BCUT2D eigenvalue weighted by Gasteiger charge is -2.32. The Bertz CT molecular complexity index is 2790. The van der Waals surface area contributed by atoms with Crippen molar-refractivity contribution < 1.29 is 0 Å². The molecule has 1 spiro atoms. The number of pyridine rings is 2. The molecule has 2 aliphatic carbocycles. The lowest BCUT2D eigenvalue weighted by Crippen LogP contribution is -2.26. The Hall–Kier alpha value is -6.38. The molecule has 0 atom stereocenters. The molecule has 2 nitrogen and oxygen atoms in total. The van der Waals surface area contributed by atoms with Crippen LogP contribution in [-0.2, 0) is 5.41 Å². The van der Waals surface area contributed by atoms with Gasteiger partial charge in [0.05, 0.1) is 22.5 Å². The molecule has 2 heteroatoms. The minimum atomic E-state index is -0.456. The van der Waals surface area contributed by atoms with Gasteiger partial charge in [-0.05, 0) is 119 Å². The molecule has 0 fully saturated rings. The van der Waals surface area contributed by atoms with E-state index in [1.807, 2.05) is 30.5 Å². The average molecular weight is 621 g/mol. The van der Waals surface area contributed by atoms with Gasteiger partial charge >= 0.3 is 0 Å². The maximum Gasteiger partial charge on any atom is 0.0893 e. The van der Waals surface area contributed by atoms with Crippen molar-refractivity contribution in [2.24, 2.45) is 0 Å². The highest BCUT2D eigenvalue weighted by molar-refractivity contribution is 6.20. The monoisotopic (exact) mass is 620 g/mol. The van der Waals surface area contributed by atoms with Gasteiger partial charge in [0.1, 0.15) is 0 Å². The van der Waals surface area contributed by atoms with Crippen molar-refractivity contribution in [3.05, 3.63) is 192 Å². The van der Waals surface area contributed by atoms with Crippen LogP contribution in [0.2, 0.25) is 0 Å². The quantitative estimate of drug-likeness (QED) is 0.180. The second kappa shape index (κ2) is 9.82. The number of fused-ring (bicyclic) bond motifs is 16. The molecular formula is C47H28N2. The van der Waals surface area contributed by atoms with Crippen LogP contribution in [-0.4, -0.2) is 9.97 Å². The summed E-state index contributed by atoms with van der Waals surface area (Å²) >= 11 is 0. The Labute approximate surface area is 284 Å². The summed E-state index contributed by atoms with van der Waals surface area (Å²) in [6.45, 7) is 0. The lowest BCUT2D eigenvalue weighted by molar-refractivity contribution is 0.803. The van der Waals surface area contributed by atoms with Crippen molar-refractivity contribution in [1.29, 1.82) is 0 Å². The predicted octanol–water partition coefficient (Wildman–Crippen LogP) is 11.6. The third-order valence-electron chi connectivity index (χ3n) is 10.9. The van der Waals surface area contributed by atoms with E-state index in [4.69, 9.17) is 4.98 Å². The Morgan fingerprint density at radius 2 is 1.02 bits per heavy atom. The Morgan fingerprint density at radius 3 is 1.78 bits per heavy atom. The number of hydrogen-bond donors (Lipinski definition) is 0. The van der Waals surface area contributed by atoms with Crippen LogP contribution in [0.5, 0.6) is 0 Å². The Morgan fingerprint density at radius 1 is 0.388 bits per heavy atom. The molecule has 9 aromatic rings. The number of nitrogens with zero attached hydrogens (tertiary/aromatic N) is 2. The number of aromatic nitrogens is 2. The topological polar surface area (TPSA) is 25.8 Å². The zero-order valence-corrected chi connectivity index (χ0v) is 26.6. The second-order valence-corrected chi connectivity index (χ2v) is 13.3. The van der Waals surface area contributed by atoms with Crippen molar-refractivity contribution >= 4 is 32.3 Å². The van der Waals surface area contributed by atoms with Crippen LogP contribution in [0.1, 0.15) is 22.3 Å². The molecule has 0 N–H and O–H groups in total. The maximum atomic E-state index is 5.06. The fourth-order valence-corrected chi connectivity index (χ4v) is 8.97. The van der Waals surface area contributed by atoms with E-state index >= 15 is 0 Å². The first-order valence-corrected chi connectivity index (χ1v) is 16.9. The first-order valence-electron chi connectivity index (χ1n) is 16.9. The van der Waals surface area contributed by atoms with Crippen molar-refractivity contribution in [3.8, 4) is 44.9 Å². The van der Waals surface area contributed by atoms with Crippen molar-refractivity contribution in [2.45, 2.75) is 5.41 Å². The van der Waals surface area contributed by atoms with Gasteiger partial charge in [0.15, 0.2) is 0 Å². The van der Waals surface area contributed by atoms with E-state index in [9.17, 15) is 0 Å². The van der Waals surface area contributed by atoms with Gasteiger partial charge in [0, 0.05) is 11.8 Å². The van der Waals surface area contributed by atoms with Crippen molar-refractivity contribution in [3.63, 3.8) is 0 Å². The smallest absolute Gasteiger partial charge is 0.0893 e. The highest BCUT2D eigenvalue weighted by Gasteiger charge is 2.53. The van der Waals surface area contributed by atoms with Crippen molar-refractivity contribution in [2.75, 3.05) is 0 Å². The predicted molar refractivity (Wildman–Crippen MR) is 202 cm³/mol. The molecule has 0 amide bonds. The van der Waals surface area contributed by atoms with Crippen molar-refractivity contribution in [1.82, 2.24) is 9.97 Å². The third kappa shape index (κ3) is 3.50.